The van der Waals surface area contributed by atoms with Gasteiger partial charge in [0.05, 0.1) is 0 Å². The van der Waals surface area contributed by atoms with Crippen LogP contribution in [0, 0.1) is 11.6 Å². The zero-order valence-corrected chi connectivity index (χ0v) is 13.2. The Bertz CT molecular complexity index is 734. The van der Waals surface area contributed by atoms with Crippen molar-refractivity contribution in [1.29, 1.82) is 0 Å². The van der Waals surface area contributed by atoms with E-state index in [1.54, 1.807) is 12.1 Å². The number of ether oxygens (including phenoxy) is 1. The second kappa shape index (κ2) is 7.18. The Morgan fingerprint density at radius 1 is 1.09 bits per heavy atom. The monoisotopic (exact) mass is 316 g/mol. The van der Waals surface area contributed by atoms with Crippen LogP contribution in [-0.2, 0) is 11.2 Å². The molecule has 2 rings (SSSR count). The van der Waals surface area contributed by atoms with Crippen molar-refractivity contribution in [3.63, 3.8) is 0 Å². The van der Waals surface area contributed by atoms with Crippen molar-refractivity contribution in [2.24, 2.45) is 0 Å². The Balaban J connectivity index is 2.32. The fourth-order valence-corrected chi connectivity index (χ4v) is 2.16. The molecule has 0 fully saturated rings. The van der Waals surface area contributed by atoms with E-state index in [1.165, 1.54) is 19.1 Å². The molecule has 0 saturated heterocycles. The first kappa shape index (κ1) is 16.9. The summed E-state index contributed by atoms with van der Waals surface area (Å²) >= 11 is 0. The molecule has 0 aliphatic carbocycles. The predicted octanol–water partition coefficient (Wildman–Crippen LogP) is 5.07. The lowest BCUT2D eigenvalue weighted by molar-refractivity contribution is -0.130. The number of carbonyl (C=O) groups is 1. The normalized spacial score (nSPS) is 10.4. The molecule has 0 unspecified atom stereocenters. The van der Waals surface area contributed by atoms with Crippen LogP contribution in [0.4, 0.5) is 8.78 Å². The summed E-state index contributed by atoms with van der Waals surface area (Å²) in [6.45, 7) is 6.91. The Morgan fingerprint density at radius 3 is 2.30 bits per heavy atom. The van der Waals surface area contributed by atoms with Crippen molar-refractivity contribution in [3.05, 3.63) is 65.7 Å². The maximum absolute atomic E-state index is 14.3. The zero-order valence-electron chi connectivity index (χ0n) is 13.2. The highest BCUT2D eigenvalue weighted by Gasteiger charge is 2.18. The summed E-state index contributed by atoms with van der Waals surface area (Å²) in [4.78, 5) is 11.4. The molecule has 0 spiro atoms. The molecular weight excluding hydrogens is 298 g/mol. The van der Waals surface area contributed by atoms with E-state index in [1.807, 2.05) is 12.1 Å². The minimum Gasteiger partial charge on any atom is -0.420 e. The number of halogens is 2. The van der Waals surface area contributed by atoms with Crippen molar-refractivity contribution < 1.29 is 18.3 Å². The first-order valence-corrected chi connectivity index (χ1v) is 7.39. The van der Waals surface area contributed by atoms with Gasteiger partial charge in [0.1, 0.15) is 0 Å². The van der Waals surface area contributed by atoms with Crippen LogP contribution in [0.15, 0.2) is 48.6 Å². The standard InChI is InChI=1S/C19H18F2O2/c1-4-5-13-6-8-14(9-7-13)15-10-11-16(18(21)17(15)20)23-19(22)12(2)3/h6-11H,2,4-5H2,1,3H3. The first-order chi connectivity index (χ1) is 10.9. The smallest absolute Gasteiger partial charge is 0.338 e. The van der Waals surface area contributed by atoms with E-state index >= 15 is 0 Å². The van der Waals surface area contributed by atoms with E-state index in [0.717, 1.165) is 18.4 Å². The van der Waals surface area contributed by atoms with E-state index in [0.29, 0.717) is 5.56 Å². The number of rotatable bonds is 5. The Hall–Kier alpha value is -2.49. The quantitative estimate of drug-likeness (QED) is 0.437. The van der Waals surface area contributed by atoms with Gasteiger partial charge in [0, 0.05) is 11.1 Å². The van der Waals surface area contributed by atoms with Crippen molar-refractivity contribution in [1.82, 2.24) is 0 Å². The molecule has 2 nitrogen and oxygen atoms in total. The molecule has 0 amide bonds. The van der Waals surface area contributed by atoms with Gasteiger partial charge in [0.15, 0.2) is 11.6 Å². The lowest BCUT2D eigenvalue weighted by Gasteiger charge is -2.10. The Kier molecular flexibility index (Phi) is 5.27. The van der Waals surface area contributed by atoms with Gasteiger partial charge in [-0.15, -0.1) is 0 Å². The summed E-state index contributed by atoms with van der Waals surface area (Å²) in [6.07, 6.45) is 1.96. The number of aryl methyl sites for hydroxylation is 1. The second-order valence-corrected chi connectivity index (χ2v) is 5.36. The SMILES string of the molecule is C=C(C)C(=O)Oc1ccc(-c2ccc(CCC)cc2)c(F)c1F. The van der Waals surface area contributed by atoms with Crippen LogP contribution in [0.1, 0.15) is 25.8 Å². The molecule has 0 bridgehead atoms. The minimum absolute atomic E-state index is 0.111. The van der Waals surface area contributed by atoms with E-state index in [-0.39, 0.29) is 11.1 Å². The molecule has 0 radical (unpaired) electrons. The molecule has 0 atom stereocenters. The summed E-state index contributed by atoms with van der Waals surface area (Å²) in [7, 11) is 0. The van der Waals surface area contributed by atoms with Gasteiger partial charge in [-0.1, -0.05) is 44.2 Å². The summed E-state index contributed by atoms with van der Waals surface area (Å²) in [5, 5.41) is 0. The fraction of sp³-hybridized carbons (Fsp3) is 0.211. The van der Waals surface area contributed by atoms with Crippen LogP contribution in [0.25, 0.3) is 11.1 Å². The molecule has 2 aromatic carbocycles. The van der Waals surface area contributed by atoms with Gasteiger partial charge >= 0.3 is 5.97 Å². The van der Waals surface area contributed by atoms with Crippen LogP contribution in [0.2, 0.25) is 0 Å². The number of hydrogen-bond donors (Lipinski definition) is 0. The summed E-state index contributed by atoms with van der Waals surface area (Å²) in [5.41, 5.74) is 1.95. The molecule has 0 heterocycles. The molecule has 0 aliphatic rings. The third kappa shape index (κ3) is 3.83. The van der Waals surface area contributed by atoms with Gasteiger partial charge in [-0.25, -0.2) is 9.18 Å². The molecular formula is C19H18F2O2. The van der Waals surface area contributed by atoms with Crippen LogP contribution >= 0.6 is 0 Å². The summed E-state index contributed by atoms with van der Waals surface area (Å²) < 4.78 is 33.1. The second-order valence-electron chi connectivity index (χ2n) is 5.36. The molecule has 0 saturated carbocycles. The molecule has 0 N–H and O–H groups in total. The molecule has 0 aliphatic heterocycles. The number of esters is 1. The number of carbonyl (C=O) groups excluding carboxylic acids is 1. The van der Waals surface area contributed by atoms with E-state index in [9.17, 15) is 13.6 Å². The van der Waals surface area contributed by atoms with Crippen LogP contribution in [0.3, 0.4) is 0 Å². The first-order valence-electron chi connectivity index (χ1n) is 7.39. The maximum Gasteiger partial charge on any atom is 0.338 e. The van der Waals surface area contributed by atoms with Crippen LogP contribution in [-0.4, -0.2) is 5.97 Å². The van der Waals surface area contributed by atoms with Crippen molar-refractivity contribution >= 4 is 5.97 Å². The largest absolute Gasteiger partial charge is 0.420 e. The minimum atomic E-state index is -1.19. The van der Waals surface area contributed by atoms with Gasteiger partial charge in [-0.2, -0.15) is 4.39 Å². The molecule has 23 heavy (non-hydrogen) atoms. The van der Waals surface area contributed by atoms with Gasteiger partial charge in [0.2, 0.25) is 5.82 Å². The van der Waals surface area contributed by atoms with Crippen LogP contribution in [0.5, 0.6) is 5.75 Å². The lowest BCUT2D eigenvalue weighted by atomic mass is 10.0. The summed E-state index contributed by atoms with van der Waals surface area (Å²) in [6, 6.07) is 9.93. The highest BCUT2D eigenvalue weighted by atomic mass is 19.2. The van der Waals surface area contributed by atoms with Crippen molar-refractivity contribution in [3.8, 4) is 16.9 Å². The average Bonchev–Trinajstić information content (AvgIpc) is 2.53. The Labute approximate surface area is 134 Å². The third-order valence-electron chi connectivity index (χ3n) is 3.40. The highest BCUT2D eigenvalue weighted by Crippen LogP contribution is 2.30. The topological polar surface area (TPSA) is 26.3 Å². The van der Waals surface area contributed by atoms with Crippen molar-refractivity contribution in [2.75, 3.05) is 0 Å². The molecule has 120 valence electrons. The Morgan fingerprint density at radius 2 is 1.74 bits per heavy atom. The predicted molar refractivity (Wildman–Crippen MR) is 86.2 cm³/mol. The molecule has 4 heteroatoms. The van der Waals surface area contributed by atoms with E-state index in [4.69, 9.17) is 4.74 Å². The van der Waals surface area contributed by atoms with Gasteiger partial charge in [-0.3, -0.25) is 0 Å². The summed E-state index contributed by atoms with van der Waals surface area (Å²) in [5.74, 6) is -3.46. The van der Waals surface area contributed by atoms with Gasteiger partial charge in [0.25, 0.3) is 0 Å². The van der Waals surface area contributed by atoms with Crippen molar-refractivity contribution in [2.45, 2.75) is 26.7 Å². The lowest BCUT2D eigenvalue weighted by Crippen LogP contribution is -2.10. The fourth-order valence-electron chi connectivity index (χ4n) is 2.16. The maximum atomic E-state index is 14.3. The third-order valence-corrected chi connectivity index (χ3v) is 3.40. The average molecular weight is 316 g/mol. The van der Waals surface area contributed by atoms with E-state index in [2.05, 4.69) is 13.5 Å². The highest BCUT2D eigenvalue weighted by molar-refractivity contribution is 5.88. The van der Waals surface area contributed by atoms with E-state index < -0.39 is 23.4 Å². The number of benzene rings is 2. The van der Waals surface area contributed by atoms with Gasteiger partial charge < -0.3 is 4.74 Å². The molecule has 0 aromatic heterocycles. The molecule has 2 aromatic rings. The zero-order chi connectivity index (χ0) is 17.0. The number of hydrogen-bond acceptors (Lipinski definition) is 2. The van der Waals surface area contributed by atoms with Crippen LogP contribution < -0.4 is 4.74 Å². The van der Waals surface area contributed by atoms with Gasteiger partial charge in [-0.05, 0) is 36.6 Å².